The Hall–Kier alpha value is -0.330. The van der Waals surface area contributed by atoms with Gasteiger partial charge in [0.05, 0.1) is 5.83 Å². The van der Waals surface area contributed by atoms with Crippen LogP contribution in [0.3, 0.4) is 0 Å². The highest BCUT2D eigenvalue weighted by atomic mass is 19.1. The van der Waals surface area contributed by atoms with Crippen molar-refractivity contribution in [2.24, 2.45) is 5.92 Å². The van der Waals surface area contributed by atoms with Crippen LogP contribution in [0.1, 0.15) is 27.2 Å². The topological polar surface area (TPSA) is 0 Å². The lowest BCUT2D eigenvalue weighted by atomic mass is 10.2. The zero-order valence-electron chi connectivity index (χ0n) is 5.74. The van der Waals surface area contributed by atoms with Crippen molar-refractivity contribution in [3.05, 3.63) is 11.9 Å². The molecule has 8 heavy (non-hydrogen) atoms. The lowest BCUT2D eigenvalue weighted by Crippen LogP contribution is -1.79. The van der Waals surface area contributed by atoms with Crippen LogP contribution >= 0.6 is 0 Å². The first-order valence-electron chi connectivity index (χ1n) is 3.03. The Morgan fingerprint density at radius 2 is 2.12 bits per heavy atom. The Balaban J connectivity index is 3.56. The number of hydrogen-bond donors (Lipinski definition) is 0. The molecule has 0 saturated heterocycles. The van der Waals surface area contributed by atoms with E-state index in [-0.39, 0.29) is 5.83 Å². The minimum Gasteiger partial charge on any atom is -0.212 e. The van der Waals surface area contributed by atoms with Crippen molar-refractivity contribution in [2.75, 3.05) is 0 Å². The van der Waals surface area contributed by atoms with Crippen LogP contribution in [-0.2, 0) is 0 Å². The molecule has 0 heterocycles. The molecule has 0 aromatic carbocycles. The Bertz CT molecular complexity index is 82.4. The van der Waals surface area contributed by atoms with Crippen LogP contribution in [0, 0.1) is 5.92 Å². The molecule has 0 atom stereocenters. The summed E-state index contributed by atoms with van der Waals surface area (Å²) in [7, 11) is 0. The highest BCUT2D eigenvalue weighted by Crippen LogP contribution is 2.05. The SMILES string of the molecule is CC/C(F)=C/C(C)C. The van der Waals surface area contributed by atoms with E-state index in [0.29, 0.717) is 12.3 Å². The largest absolute Gasteiger partial charge is 0.212 e. The molecule has 0 amide bonds. The molecule has 48 valence electrons. The third-order valence-corrected chi connectivity index (χ3v) is 0.852. The molecule has 0 aromatic heterocycles. The second-order valence-electron chi connectivity index (χ2n) is 2.21. The summed E-state index contributed by atoms with van der Waals surface area (Å²) in [6.07, 6.45) is 2.16. The normalized spacial score (nSPS) is 12.9. The molecule has 0 aliphatic carbocycles. The predicted octanol–water partition coefficient (Wildman–Crippen LogP) is 2.91. The molecular formula is C7H13F. The number of allylic oxidation sites excluding steroid dienone is 2. The van der Waals surface area contributed by atoms with Gasteiger partial charge >= 0.3 is 0 Å². The molecule has 0 unspecified atom stereocenters. The van der Waals surface area contributed by atoms with Crippen LogP contribution in [0.2, 0.25) is 0 Å². The van der Waals surface area contributed by atoms with Crippen LogP contribution in [0.25, 0.3) is 0 Å². The van der Waals surface area contributed by atoms with E-state index in [1.165, 1.54) is 0 Å². The zero-order chi connectivity index (χ0) is 6.57. The summed E-state index contributed by atoms with van der Waals surface area (Å²) in [5.74, 6) is 0.343. The van der Waals surface area contributed by atoms with Gasteiger partial charge in [0.15, 0.2) is 0 Å². The van der Waals surface area contributed by atoms with Crippen LogP contribution < -0.4 is 0 Å². The maximum atomic E-state index is 12.2. The van der Waals surface area contributed by atoms with Gasteiger partial charge in [0.1, 0.15) is 0 Å². The van der Waals surface area contributed by atoms with Crippen molar-refractivity contribution in [2.45, 2.75) is 27.2 Å². The molecule has 1 heteroatoms. The fourth-order valence-electron chi connectivity index (χ4n) is 0.480. The van der Waals surface area contributed by atoms with Crippen LogP contribution in [0.15, 0.2) is 11.9 Å². The summed E-state index contributed by atoms with van der Waals surface area (Å²) < 4.78 is 12.2. The molecule has 0 rings (SSSR count). The van der Waals surface area contributed by atoms with Crippen molar-refractivity contribution in [1.29, 1.82) is 0 Å². The molecule has 0 nitrogen and oxygen atoms in total. The van der Waals surface area contributed by atoms with Gasteiger partial charge in [-0.2, -0.15) is 0 Å². The highest BCUT2D eigenvalue weighted by molar-refractivity contribution is 4.91. The van der Waals surface area contributed by atoms with E-state index >= 15 is 0 Å². The van der Waals surface area contributed by atoms with E-state index < -0.39 is 0 Å². The van der Waals surface area contributed by atoms with Crippen molar-refractivity contribution in [3.63, 3.8) is 0 Å². The molecule has 0 radical (unpaired) electrons. The average Bonchev–Trinajstić information content (AvgIpc) is 1.65. The predicted molar refractivity (Wildman–Crippen MR) is 34.3 cm³/mol. The third kappa shape index (κ3) is 3.85. The van der Waals surface area contributed by atoms with Gasteiger partial charge in [-0.3, -0.25) is 0 Å². The average molecular weight is 116 g/mol. The number of halogens is 1. The molecule has 0 fully saturated rings. The quantitative estimate of drug-likeness (QED) is 0.520. The highest BCUT2D eigenvalue weighted by Gasteiger charge is 1.90. The minimum atomic E-state index is 0.000000000000000444. The molecule has 0 spiro atoms. The summed E-state index contributed by atoms with van der Waals surface area (Å²) in [4.78, 5) is 0. The molecule has 0 saturated carbocycles. The Labute approximate surface area is 50.4 Å². The smallest absolute Gasteiger partial charge is 0.0959 e. The minimum absolute atomic E-state index is 0.000000000000000444. The van der Waals surface area contributed by atoms with Crippen molar-refractivity contribution in [1.82, 2.24) is 0 Å². The molecule has 0 N–H and O–H groups in total. The van der Waals surface area contributed by atoms with Crippen molar-refractivity contribution >= 4 is 0 Å². The second kappa shape index (κ2) is 3.65. The summed E-state index contributed by atoms with van der Waals surface area (Å²) in [6, 6.07) is 0. The molecule has 0 bridgehead atoms. The maximum absolute atomic E-state index is 12.2. The van der Waals surface area contributed by atoms with Gasteiger partial charge in [0.25, 0.3) is 0 Å². The van der Waals surface area contributed by atoms with Crippen molar-refractivity contribution < 1.29 is 4.39 Å². The van der Waals surface area contributed by atoms with Gasteiger partial charge in [-0.1, -0.05) is 26.8 Å². The standard InChI is InChI=1S/C7H13F/c1-4-7(8)5-6(2)3/h5-6H,4H2,1-3H3/b7-5-. The molecule has 0 aromatic rings. The van der Waals surface area contributed by atoms with E-state index in [2.05, 4.69) is 0 Å². The van der Waals surface area contributed by atoms with E-state index in [1.807, 2.05) is 20.8 Å². The second-order valence-corrected chi connectivity index (χ2v) is 2.21. The fourth-order valence-corrected chi connectivity index (χ4v) is 0.480. The van der Waals surface area contributed by atoms with Crippen LogP contribution in [0.4, 0.5) is 4.39 Å². The van der Waals surface area contributed by atoms with E-state index in [4.69, 9.17) is 0 Å². The van der Waals surface area contributed by atoms with Gasteiger partial charge in [0, 0.05) is 0 Å². The molecule has 0 aliphatic heterocycles. The van der Waals surface area contributed by atoms with E-state index in [0.717, 1.165) is 0 Å². The van der Waals surface area contributed by atoms with Crippen LogP contribution in [-0.4, -0.2) is 0 Å². The molecular weight excluding hydrogens is 103 g/mol. The number of hydrogen-bond acceptors (Lipinski definition) is 0. The van der Waals surface area contributed by atoms with Gasteiger partial charge in [-0.25, -0.2) is 4.39 Å². The lowest BCUT2D eigenvalue weighted by Gasteiger charge is -1.93. The molecule has 0 aliphatic rings. The van der Waals surface area contributed by atoms with E-state index in [1.54, 1.807) is 6.08 Å². The first-order valence-corrected chi connectivity index (χ1v) is 3.03. The fraction of sp³-hybridized carbons (Fsp3) is 0.714. The summed E-state index contributed by atoms with van der Waals surface area (Å²) in [6.45, 7) is 5.75. The monoisotopic (exact) mass is 116 g/mol. The van der Waals surface area contributed by atoms with Gasteiger partial charge in [-0.15, -0.1) is 0 Å². The Morgan fingerprint density at radius 3 is 2.25 bits per heavy atom. The van der Waals surface area contributed by atoms with Gasteiger partial charge < -0.3 is 0 Å². The van der Waals surface area contributed by atoms with Gasteiger partial charge in [-0.05, 0) is 12.3 Å². The summed E-state index contributed by atoms with van der Waals surface area (Å²) in [5, 5.41) is 0. The van der Waals surface area contributed by atoms with Crippen molar-refractivity contribution in [3.8, 4) is 0 Å². The first-order chi connectivity index (χ1) is 3.66. The summed E-state index contributed by atoms with van der Waals surface area (Å²) in [5.41, 5.74) is 0. The lowest BCUT2D eigenvalue weighted by molar-refractivity contribution is 0.586. The summed E-state index contributed by atoms with van der Waals surface area (Å²) >= 11 is 0. The number of rotatable bonds is 2. The Kier molecular flexibility index (Phi) is 3.49. The van der Waals surface area contributed by atoms with Gasteiger partial charge in [0.2, 0.25) is 0 Å². The zero-order valence-corrected chi connectivity index (χ0v) is 5.74. The maximum Gasteiger partial charge on any atom is 0.0959 e. The van der Waals surface area contributed by atoms with Crippen LogP contribution in [0.5, 0.6) is 0 Å². The van der Waals surface area contributed by atoms with E-state index in [9.17, 15) is 4.39 Å². The first kappa shape index (κ1) is 7.67. The Morgan fingerprint density at radius 1 is 1.62 bits per heavy atom. The third-order valence-electron chi connectivity index (χ3n) is 0.852.